The highest BCUT2D eigenvalue weighted by molar-refractivity contribution is 7.17. The number of aryl methyl sites for hydroxylation is 1. The van der Waals surface area contributed by atoms with Crippen LogP contribution in [-0.2, 0) is 0 Å². The van der Waals surface area contributed by atoms with Crippen LogP contribution < -0.4 is 5.73 Å². The Morgan fingerprint density at radius 1 is 1.50 bits per heavy atom. The number of aromatic nitrogens is 1. The normalized spacial score (nSPS) is 19.3. The van der Waals surface area contributed by atoms with Crippen molar-refractivity contribution < 1.29 is 4.79 Å². The molecule has 0 saturated carbocycles. The van der Waals surface area contributed by atoms with Crippen LogP contribution in [0.15, 0.2) is 24.3 Å². The van der Waals surface area contributed by atoms with Crippen LogP contribution >= 0.6 is 22.9 Å². The summed E-state index contributed by atoms with van der Waals surface area (Å²) in [5.41, 5.74) is 7.76. The maximum atomic E-state index is 12.9. The second-order valence-electron chi connectivity index (χ2n) is 6.46. The molecule has 2 aromatic rings. The number of benzene rings is 1. The number of amides is 1. The lowest BCUT2D eigenvalue weighted by Gasteiger charge is -2.34. The first-order valence-electron chi connectivity index (χ1n) is 8.24. The summed E-state index contributed by atoms with van der Waals surface area (Å²) < 4.78 is 0. The highest BCUT2D eigenvalue weighted by Crippen LogP contribution is 2.31. The highest BCUT2D eigenvalue weighted by atomic mass is 35.5. The second-order valence-corrected chi connectivity index (χ2v) is 7.89. The van der Waals surface area contributed by atoms with Crippen LogP contribution in [0.3, 0.4) is 0 Å². The summed E-state index contributed by atoms with van der Waals surface area (Å²) in [4.78, 5) is 20.2. The minimum atomic E-state index is 0.0728. The summed E-state index contributed by atoms with van der Waals surface area (Å²) in [6, 6.07) is 7.69. The number of thiazole rings is 1. The van der Waals surface area contributed by atoms with Crippen molar-refractivity contribution in [2.45, 2.75) is 32.7 Å². The van der Waals surface area contributed by atoms with Crippen molar-refractivity contribution in [2.75, 3.05) is 13.1 Å². The van der Waals surface area contributed by atoms with E-state index >= 15 is 0 Å². The first-order valence-corrected chi connectivity index (χ1v) is 9.43. The average Bonchev–Trinajstić information content (AvgIpc) is 2.96. The lowest BCUT2D eigenvalue weighted by molar-refractivity contribution is 0.0665. The lowest BCUT2D eigenvalue weighted by atomic mass is 9.92. The van der Waals surface area contributed by atoms with Crippen molar-refractivity contribution in [2.24, 2.45) is 11.7 Å². The molecule has 0 spiro atoms. The molecule has 1 amide bonds. The van der Waals surface area contributed by atoms with E-state index in [1.54, 1.807) is 0 Å². The number of piperidine rings is 1. The minimum Gasteiger partial charge on any atom is -0.338 e. The third-order valence-electron chi connectivity index (χ3n) is 4.55. The van der Waals surface area contributed by atoms with E-state index in [0.717, 1.165) is 47.1 Å². The molecule has 2 N–H and O–H groups in total. The quantitative estimate of drug-likeness (QED) is 0.897. The van der Waals surface area contributed by atoms with Gasteiger partial charge in [-0.3, -0.25) is 4.79 Å². The van der Waals surface area contributed by atoms with Gasteiger partial charge < -0.3 is 10.6 Å². The van der Waals surface area contributed by atoms with Gasteiger partial charge in [-0.2, -0.15) is 0 Å². The van der Waals surface area contributed by atoms with Crippen molar-refractivity contribution in [3.8, 4) is 10.6 Å². The van der Waals surface area contributed by atoms with Gasteiger partial charge in [-0.1, -0.05) is 23.7 Å². The van der Waals surface area contributed by atoms with Crippen molar-refractivity contribution in [1.29, 1.82) is 0 Å². The predicted molar refractivity (Wildman–Crippen MR) is 99.6 cm³/mol. The van der Waals surface area contributed by atoms with Crippen molar-refractivity contribution in [3.05, 3.63) is 39.9 Å². The minimum absolute atomic E-state index is 0.0728. The summed E-state index contributed by atoms with van der Waals surface area (Å²) in [5, 5.41) is 1.50. The van der Waals surface area contributed by atoms with Crippen LogP contribution in [-0.4, -0.2) is 34.9 Å². The third kappa shape index (κ3) is 3.63. The number of nitrogens with two attached hydrogens (primary N) is 1. The van der Waals surface area contributed by atoms with E-state index in [-0.39, 0.29) is 11.9 Å². The molecule has 1 aromatic heterocycles. The molecule has 1 aromatic carbocycles. The van der Waals surface area contributed by atoms with Crippen molar-refractivity contribution >= 4 is 28.8 Å². The molecule has 0 bridgehead atoms. The molecular formula is C18H22ClN3OS. The Bertz CT molecular complexity index is 744. The Balaban J connectivity index is 1.83. The molecule has 0 radical (unpaired) electrons. The van der Waals surface area contributed by atoms with Crippen LogP contribution in [0.5, 0.6) is 0 Å². The van der Waals surface area contributed by atoms with Crippen LogP contribution in [0.25, 0.3) is 10.6 Å². The zero-order valence-electron chi connectivity index (χ0n) is 14.0. The SMILES string of the molecule is Cc1nc(-c2cccc(Cl)c2)sc1C(=O)N1CCC[C@H]([C@@H](C)N)C1. The summed E-state index contributed by atoms with van der Waals surface area (Å²) >= 11 is 7.50. The lowest BCUT2D eigenvalue weighted by Crippen LogP contribution is -2.45. The fourth-order valence-electron chi connectivity index (χ4n) is 3.11. The van der Waals surface area contributed by atoms with Crippen molar-refractivity contribution in [3.63, 3.8) is 0 Å². The molecule has 24 heavy (non-hydrogen) atoms. The molecule has 0 unspecified atom stereocenters. The van der Waals surface area contributed by atoms with Crippen LogP contribution in [0.2, 0.25) is 5.02 Å². The van der Waals surface area contributed by atoms with Gasteiger partial charge >= 0.3 is 0 Å². The maximum Gasteiger partial charge on any atom is 0.265 e. The van der Waals surface area contributed by atoms with E-state index in [4.69, 9.17) is 17.3 Å². The molecule has 0 aliphatic carbocycles. The molecule has 6 heteroatoms. The van der Waals surface area contributed by atoms with Crippen LogP contribution in [0.1, 0.15) is 35.1 Å². The first-order chi connectivity index (χ1) is 11.5. The van der Waals surface area contributed by atoms with Crippen LogP contribution in [0.4, 0.5) is 0 Å². The van der Waals surface area contributed by atoms with Gasteiger partial charge in [-0.25, -0.2) is 4.98 Å². The number of nitrogens with zero attached hydrogens (tertiary/aromatic N) is 2. The summed E-state index contributed by atoms with van der Waals surface area (Å²) in [5.74, 6) is 0.451. The molecule has 1 aliphatic rings. The van der Waals surface area contributed by atoms with Gasteiger partial charge in [0.25, 0.3) is 5.91 Å². The number of hydrogen-bond acceptors (Lipinski definition) is 4. The Hall–Kier alpha value is -1.43. The number of hydrogen-bond donors (Lipinski definition) is 1. The smallest absolute Gasteiger partial charge is 0.265 e. The summed E-state index contributed by atoms with van der Waals surface area (Å²) in [6.45, 7) is 5.45. The average molecular weight is 364 g/mol. The number of halogens is 1. The fraction of sp³-hybridized carbons (Fsp3) is 0.444. The van der Waals surface area contributed by atoms with Gasteiger partial charge in [0.2, 0.25) is 0 Å². The maximum absolute atomic E-state index is 12.9. The molecule has 128 valence electrons. The molecule has 1 aliphatic heterocycles. The first kappa shape index (κ1) is 17.4. The monoisotopic (exact) mass is 363 g/mol. The fourth-order valence-corrected chi connectivity index (χ4v) is 4.33. The number of likely N-dealkylation sites (tertiary alicyclic amines) is 1. The molecule has 2 heterocycles. The zero-order valence-corrected chi connectivity index (χ0v) is 15.5. The molecule has 1 fully saturated rings. The Morgan fingerprint density at radius 3 is 3.00 bits per heavy atom. The van der Waals surface area contributed by atoms with Gasteiger partial charge in [0.15, 0.2) is 0 Å². The Kier molecular flexibility index (Phi) is 5.23. The van der Waals surface area contributed by atoms with Gasteiger partial charge in [-0.15, -0.1) is 11.3 Å². The second kappa shape index (κ2) is 7.21. The van der Waals surface area contributed by atoms with Gasteiger partial charge in [-0.05, 0) is 44.7 Å². The third-order valence-corrected chi connectivity index (χ3v) is 5.98. The van der Waals surface area contributed by atoms with Gasteiger partial charge in [0.05, 0.1) is 5.69 Å². The molecular weight excluding hydrogens is 342 g/mol. The Morgan fingerprint density at radius 2 is 2.29 bits per heavy atom. The topological polar surface area (TPSA) is 59.2 Å². The molecule has 1 saturated heterocycles. The van der Waals surface area contributed by atoms with E-state index in [9.17, 15) is 4.79 Å². The van der Waals surface area contributed by atoms with Crippen molar-refractivity contribution in [1.82, 2.24) is 9.88 Å². The molecule has 2 atom stereocenters. The van der Waals surface area contributed by atoms with E-state index < -0.39 is 0 Å². The van der Waals surface area contributed by atoms with E-state index in [1.807, 2.05) is 43.0 Å². The largest absolute Gasteiger partial charge is 0.338 e. The zero-order chi connectivity index (χ0) is 17.3. The molecule has 3 rings (SSSR count). The van der Waals surface area contributed by atoms with E-state index in [1.165, 1.54) is 11.3 Å². The standard InChI is InChI=1S/C18H22ClN3OS/c1-11(20)14-6-4-8-22(10-14)18(23)16-12(2)21-17(24-16)13-5-3-7-15(19)9-13/h3,5,7,9,11,14H,4,6,8,10,20H2,1-2H3/t11-,14+/m1/s1. The van der Waals surface area contributed by atoms with Gasteiger partial charge in [0, 0.05) is 29.7 Å². The number of carbonyl (C=O) groups excluding carboxylic acids is 1. The van der Waals surface area contributed by atoms with E-state index in [0.29, 0.717) is 10.9 Å². The van der Waals surface area contributed by atoms with E-state index in [2.05, 4.69) is 4.98 Å². The number of rotatable bonds is 3. The molecule has 4 nitrogen and oxygen atoms in total. The predicted octanol–water partition coefficient (Wildman–Crippen LogP) is 3.97. The number of carbonyl (C=O) groups is 1. The summed E-state index contributed by atoms with van der Waals surface area (Å²) in [6.07, 6.45) is 2.10. The summed E-state index contributed by atoms with van der Waals surface area (Å²) in [7, 11) is 0. The highest BCUT2D eigenvalue weighted by Gasteiger charge is 2.28. The Labute approximate surface area is 151 Å². The van der Waals surface area contributed by atoms with Gasteiger partial charge in [0.1, 0.15) is 9.88 Å². The van der Waals surface area contributed by atoms with Crippen LogP contribution in [0, 0.1) is 12.8 Å².